The smallest absolute Gasteiger partial charge is 0.271 e. The Bertz CT molecular complexity index is 908. The van der Waals surface area contributed by atoms with Crippen molar-refractivity contribution >= 4 is 22.9 Å². The van der Waals surface area contributed by atoms with Gasteiger partial charge in [0.1, 0.15) is 11.3 Å². The molecular weight excluding hydrogens is 350 g/mol. The van der Waals surface area contributed by atoms with Crippen molar-refractivity contribution in [3.8, 4) is 0 Å². The summed E-state index contributed by atoms with van der Waals surface area (Å²) in [6.45, 7) is 4.05. The number of aromatic nitrogens is 3. The van der Waals surface area contributed by atoms with Gasteiger partial charge in [-0.15, -0.1) is 11.3 Å². The molecule has 3 aromatic rings. The maximum Gasteiger partial charge on any atom is 0.271 e. The van der Waals surface area contributed by atoms with E-state index in [0.29, 0.717) is 18.7 Å². The van der Waals surface area contributed by atoms with Gasteiger partial charge in [0.15, 0.2) is 0 Å². The Hall–Kier alpha value is -2.29. The third-order valence-electron chi connectivity index (χ3n) is 4.68. The molecule has 1 aliphatic rings. The number of likely N-dealkylation sites (tertiary alicyclic amines) is 1. The molecule has 1 aliphatic heterocycles. The zero-order valence-electron chi connectivity index (χ0n) is 14.5. The van der Waals surface area contributed by atoms with Gasteiger partial charge in [-0.25, -0.2) is 9.97 Å². The molecule has 0 spiro atoms. The number of carbonyl (C=O) groups excluding carboxylic acids is 1. The van der Waals surface area contributed by atoms with E-state index in [9.17, 15) is 9.90 Å². The van der Waals surface area contributed by atoms with Crippen LogP contribution in [0.25, 0.3) is 5.65 Å². The van der Waals surface area contributed by atoms with Crippen LogP contribution in [0.4, 0.5) is 0 Å². The zero-order valence-corrected chi connectivity index (χ0v) is 15.3. The van der Waals surface area contributed by atoms with E-state index in [1.165, 1.54) is 0 Å². The van der Waals surface area contributed by atoms with Crippen molar-refractivity contribution in [2.24, 2.45) is 0 Å². The molecule has 4 rings (SSSR count). The number of piperidine rings is 1. The fraction of sp³-hybridized carbons (Fsp3) is 0.389. The Morgan fingerprint density at radius 3 is 3.08 bits per heavy atom. The lowest BCUT2D eigenvalue weighted by molar-refractivity contribution is 0.0345. The Balaban J connectivity index is 1.38. The van der Waals surface area contributed by atoms with E-state index < -0.39 is 6.10 Å². The molecule has 2 atom stereocenters. The second kappa shape index (κ2) is 7.14. The molecule has 1 fully saturated rings. The summed E-state index contributed by atoms with van der Waals surface area (Å²) in [4.78, 5) is 23.3. The maximum absolute atomic E-state index is 12.5. The quantitative estimate of drug-likeness (QED) is 0.726. The zero-order chi connectivity index (χ0) is 18.1. The fourth-order valence-electron chi connectivity index (χ4n) is 3.31. The minimum atomic E-state index is -0.606. The second-order valence-corrected chi connectivity index (χ2v) is 7.47. The molecule has 1 amide bonds. The Morgan fingerprint density at radius 2 is 2.31 bits per heavy atom. The van der Waals surface area contributed by atoms with Crippen molar-refractivity contribution in [3.63, 3.8) is 0 Å². The molecule has 0 aliphatic carbocycles. The highest BCUT2D eigenvalue weighted by atomic mass is 32.1. The number of amides is 1. The lowest BCUT2D eigenvalue weighted by atomic mass is 10.0. The van der Waals surface area contributed by atoms with Gasteiger partial charge < -0.3 is 14.8 Å². The first kappa shape index (κ1) is 17.1. The van der Waals surface area contributed by atoms with Gasteiger partial charge in [-0.3, -0.25) is 9.69 Å². The summed E-state index contributed by atoms with van der Waals surface area (Å²) >= 11 is 1.57. The normalized spacial score (nSPS) is 21.2. The molecule has 0 aromatic carbocycles. The molecule has 7 nitrogen and oxygen atoms in total. The van der Waals surface area contributed by atoms with E-state index in [2.05, 4.69) is 20.2 Å². The monoisotopic (exact) mass is 371 g/mol. The fourth-order valence-corrected chi connectivity index (χ4v) is 3.86. The summed E-state index contributed by atoms with van der Waals surface area (Å²) in [6.07, 6.45) is 3.75. The summed E-state index contributed by atoms with van der Waals surface area (Å²) in [5.41, 5.74) is 5.04. The van der Waals surface area contributed by atoms with Crippen LogP contribution in [0.2, 0.25) is 0 Å². The average molecular weight is 371 g/mol. The minimum Gasteiger partial charge on any atom is -0.390 e. The van der Waals surface area contributed by atoms with Crippen LogP contribution in [0.15, 0.2) is 35.4 Å². The highest BCUT2D eigenvalue weighted by molar-refractivity contribution is 7.07. The van der Waals surface area contributed by atoms with Gasteiger partial charge >= 0.3 is 0 Å². The van der Waals surface area contributed by atoms with Crippen molar-refractivity contribution in [3.05, 3.63) is 52.4 Å². The first-order chi connectivity index (χ1) is 12.6. The van der Waals surface area contributed by atoms with Crippen molar-refractivity contribution in [2.45, 2.75) is 32.0 Å². The standard InChI is InChI=1S/C18H21N5O2S/c1-12-2-3-17-20-15(8-23(17)6-12)18(25)21-14-4-5-22(9-16(14)24)7-13-10-26-11-19-13/h2-3,6,8,10-11,14,16,24H,4-5,7,9H2,1H3,(H,21,25)/t14-,16-/m1/s1. The summed E-state index contributed by atoms with van der Waals surface area (Å²) in [5, 5.41) is 15.4. The molecule has 0 radical (unpaired) electrons. The van der Waals surface area contributed by atoms with Crippen molar-refractivity contribution in [1.29, 1.82) is 0 Å². The van der Waals surface area contributed by atoms with Crippen LogP contribution in [0, 0.1) is 6.92 Å². The molecule has 4 heterocycles. The van der Waals surface area contributed by atoms with Crippen LogP contribution in [-0.4, -0.2) is 55.5 Å². The number of rotatable bonds is 4. The molecule has 2 N–H and O–H groups in total. The molecule has 8 heteroatoms. The molecule has 26 heavy (non-hydrogen) atoms. The van der Waals surface area contributed by atoms with Crippen LogP contribution >= 0.6 is 11.3 Å². The largest absolute Gasteiger partial charge is 0.390 e. The number of aliphatic hydroxyl groups is 1. The van der Waals surface area contributed by atoms with Gasteiger partial charge in [-0.2, -0.15) is 0 Å². The SMILES string of the molecule is Cc1ccc2nc(C(=O)N[C@@H]3CCN(Cc4cscn4)C[C@H]3O)cn2c1. The van der Waals surface area contributed by atoms with Crippen LogP contribution in [0.1, 0.15) is 28.2 Å². The van der Waals surface area contributed by atoms with Gasteiger partial charge in [-0.1, -0.05) is 6.07 Å². The second-order valence-electron chi connectivity index (χ2n) is 6.75. The van der Waals surface area contributed by atoms with E-state index >= 15 is 0 Å². The van der Waals surface area contributed by atoms with Gasteiger partial charge in [0.2, 0.25) is 0 Å². The number of imidazole rings is 1. The van der Waals surface area contributed by atoms with Gasteiger partial charge in [0, 0.05) is 37.4 Å². The number of hydrogen-bond acceptors (Lipinski definition) is 6. The highest BCUT2D eigenvalue weighted by Gasteiger charge is 2.29. The van der Waals surface area contributed by atoms with Crippen LogP contribution in [-0.2, 0) is 6.54 Å². The van der Waals surface area contributed by atoms with Crippen LogP contribution < -0.4 is 5.32 Å². The number of β-amino-alcohol motifs (C(OH)–C–C–N with tert-alkyl or cyclic N) is 1. The topological polar surface area (TPSA) is 82.8 Å². The van der Waals surface area contributed by atoms with E-state index in [4.69, 9.17) is 0 Å². The Labute approximate surface area is 155 Å². The number of aliphatic hydroxyl groups excluding tert-OH is 1. The van der Waals surface area contributed by atoms with E-state index in [1.807, 2.05) is 40.5 Å². The molecule has 0 saturated carbocycles. The number of nitrogens with zero attached hydrogens (tertiary/aromatic N) is 4. The average Bonchev–Trinajstić information content (AvgIpc) is 3.26. The molecule has 0 unspecified atom stereocenters. The molecule has 0 bridgehead atoms. The number of aryl methyl sites for hydroxylation is 1. The van der Waals surface area contributed by atoms with Crippen molar-refractivity contribution < 1.29 is 9.90 Å². The summed E-state index contributed by atoms with van der Waals surface area (Å²) in [6, 6.07) is 3.59. The third-order valence-corrected chi connectivity index (χ3v) is 5.32. The Kier molecular flexibility index (Phi) is 4.71. The Morgan fingerprint density at radius 1 is 1.42 bits per heavy atom. The van der Waals surface area contributed by atoms with Gasteiger partial charge in [0.05, 0.1) is 23.4 Å². The number of nitrogens with one attached hydrogen (secondary N) is 1. The number of pyridine rings is 1. The molecule has 1 saturated heterocycles. The van der Waals surface area contributed by atoms with Crippen LogP contribution in [0.3, 0.4) is 0 Å². The number of carbonyl (C=O) groups is 1. The number of hydrogen-bond donors (Lipinski definition) is 2. The van der Waals surface area contributed by atoms with E-state index in [0.717, 1.165) is 30.0 Å². The lowest BCUT2D eigenvalue weighted by Crippen LogP contribution is -2.53. The van der Waals surface area contributed by atoms with Crippen molar-refractivity contribution in [1.82, 2.24) is 24.6 Å². The predicted molar refractivity (Wildman–Crippen MR) is 99.2 cm³/mol. The molecule has 3 aromatic heterocycles. The first-order valence-electron chi connectivity index (χ1n) is 8.62. The van der Waals surface area contributed by atoms with Crippen molar-refractivity contribution in [2.75, 3.05) is 13.1 Å². The lowest BCUT2D eigenvalue weighted by Gasteiger charge is -2.35. The first-order valence-corrected chi connectivity index (χ1v) is 9.56. The van der Waals surface area contributed by atoms with Gasteiger partial charge in [-0.05, 0) is 25.0 Å². The molecular formula is C18H21N5O2S. The highest BCUT2D eigenvalue weighted by Crippen LogP contribution is 2.15. The third kappa shape index (κ3) is 3.62. The minimum absolute atomic E-state index is 0.247. The van der Waals surface area contributed by atoms with E-state index in [1.54, 1.807) is 17.5 Å². The predicted octanol–water partition coefficient (Wildman–Crippen LogP) is 1.46. The summed E-state index contributed by atoms with van der Waals surface area (Å²) in [7, 11) is 0. The summed E-state index contributed by atoms with van der Waals surface area (Å²) < 4.78 is 1.84. The van der Waals surface area contributed by atoms with Gasteiger partial charge in [0.25, 0.3) is 5.91 Å². The van der Waals surface area contributed by atoms with E-state index in [-0.39, 0.29) is 11.9 Å². The molecule has 136 valence electrons. The summed E-state index contributed by atoms with van der Waals surface area (Å²) in [5.74, 6) is -0.247. The number of thiazole rings is 1. The maximum atomic E-state index is 12.5. The number of fused-ring (bicyclic) bond motifs is 1. The van der Waals surface area contributed by atoms with Crippen LogP contribution in [0.5, 0.6) is 0 Å².